The van der Waals surface area contributed by atoms with Crippen molar-refractivity contribution in [3.8, 4) is 0 Å². The van der Waals surface area contributed by atoms with E-state index in [2.05, 4.69) is 19.1 Å². The number of benzene rings is 1. The second kappa shape index (κ2) is 4.36. The highest BCUT2D eigenvalue weighted by molar-refractivity contribution is 5.17. The van der Waals surface area contributed by atoms with Gasteiger partial charge in [0, 0.05) is 6.42 Å². The zero-order valence-electron chi connectivity index (χ0n) is 9.45. The maximum atomic E-state index is 10.4. The van der Waals surface area contributed by atoms with Crippen molar-refractivity contribution in [3.05, 3.63) is 35.9 Å². The lowest BCUT2D eigenvalue weighted by Gasteiger charge is -2.22. The molecule has 0 bridgehead atoms. The average molecular weight is 204 g/mol. The molecule has 0 spiro atoms. The normalized spacial score (nSPS) is 30.7. The van der Waals surface area contributed by atoms with Gasteiger partial charge in [-0.05, 0) is 30.7 Å². The molecule has 2 rings (SSSR count). The minimum absolute atomic E-state index is 0.429. The molecule has 1 heteroatoms. The minimum Gasteiger partial charge on any atom is -0.390 e. The van der Waals surface area contributed by atoms with Crippen molar-refractivity contribution in [3.63, 3.8) is 0 Å². The van der Waals surface area contributed by atoms with Gasteiger partial charge < -0.3 is 5.11 Å². The van der Waals surface area contributed by atoms with Crippen LogP contribution in [0.5, 0.6) is 0 Å². The molecule has 82 valence electrons. The molecule has 0 radical (unpaired) electrons. The minimum atomic E-state index is -0.429. The lowest BCUT2D eigenvalue weighted by Crippen LogP contribution is -2.27. The van der Waals surface area contributed by atoms with Crippen molar-refractivity contribution in [2.75, 3.05) is 0 Å². The zero-order chi connectivity index (χ0) is 10.7. The van der Waals surface area contributed by atoms with Crippen LogP contribution in [0.15, 0.2) is 30.3 Å². The van der Waals surface area contributed by atoms with Crippen LogP contribution < -0.4 is 0 Å². The van der Waals surface area contributed by atoms with E-state index in [1.165, 1.54) is 18.4 Å². The van der Waals surface area contributed by atoms with E-state index in [1.807, 2.05) is 18.2 Å². The summed E-state index contributed by atoms with van der Waals surface area (Å²) in [4.78, 5) is 0. The molecule has 0 aromatic heterocycles. The number of hydrogen-bond acceptors (Lipinski definition) is 1. The molecular weight excluding hydrogens is 184 g/mol. The smallest absolute Gasteiger partial charge is 0.0690 e. The van der Waals surface area contributed by atoms with Gasteiger partial charge in [-0.25, -0.2) is 0 Å². The summed E-state index contributed by atoms with van der Waals surface area (Å²) >= 11 is 0. The molecule has 2 atom stereocenters. The maximum Gasteiger partial charge on any atom is 0.0690 e. The first kappa shape index (κ1) is 10.7. The first-order valence-electron chi connectivity index (χ1n) is 5.98. The van der Waals surface area contributed by atoms with Gasteiger partial charge >= 0.3 is 0 Å². The quantitative estimate of drug-likeness (QED) is 0.801. The van der Waals surface area contributed by atoms with Crippen molar-refractivity contribution in [1.29, 1.82) is 0 Å². The summed E-state index contributed by atoms with van der Waals surface area (Å²) in [5.74, 6) is 0.735. The second-order valence-electron chi connectivity index (χ2n) is 4.90. The molecule has 0 heterocycles. The molecule has 1 aromatic rings. The Balaban J connectivity index is 2.00. The van der Waals surface area contributed by atoms with Crippen molar-refractivity contribution >= 4 is 0 Å². The summed E-state index contributed by atoms with van der Waals surface area (Å²) in [6, 6.07) is 10.3. The maximum absolute atomic E-state index is 10.4. The molecule has 1 N–H and O–H groups in total. The van der Waals surface area contributed by atoms with Gasteiger partial charge in [-0.2, -0.15) is 0 Å². The fourth-order valence-corrected chi connectivity index (χ4v) is 2.70. The third kappa shape index (κ3) is 2.60. The Bertz CT molecular complexity index is 306. The van der Waals surface area contributed by atoms with Crippen LogP contribution in [0.4, 0.5) is 0 Å². The first-order chi connectivity index (χ1) is 7.22. The second-order valence-corrected chi connectivity index (χ2v) is 4.90. The van der Waals surface area contributed by atoms with Crippen LogP contribution in [0.2, 0.25) is 0 Å². The summed E-state index contributed by atoms with van der Waals surface area (Å²) in [5, 5.41) is 10.4. The molecule has 0 saturated heterocycles. The van der Waals surface area contributed by atoms with E-state index in [9.17, 15) is 5.11 Å². The molecule has 0 amide bonds. The Hall–Kier alpha value is -0.820. The van der Waals surface area contributed by atoms with E-state index in [4.69, 9.17) is 0 Å². The Morgan fingerprint density at radius 1 is 1.33 bits per heavy atom. The Morgan fingerprint density at radius 2 is 2.07 bits per heavy atom. The van der Waals surface area contributed by atoms with Gasteiger partial charge in [0.15, 0.2) is 0 Å². The fourth-order valence-electron chi connectivity index (χ4n) is 2.70. The van der Waals surface area contributed by atoms with Gasteiger partial charge in [-0.3, -0.25) is 0 Å². The van der Waals surface area contributed by atoms with E-state index >= 15 is 0 Å². The van der Waals surface area contributed by atoms with Crippen LogP contribution >= 0.6 is 0 Å². The highest BCUT2D eigenvalue weighted by Gasteiger charge is 2.36. The molecule has 2 unspecified atom stereocenters. The third-order valence-electron chi connectivity index (χ3n) is 3.64. The zero-order valence-corrected chi connectivity index (χ0v) is 9.45. The molecule has 15 heavy (non-hydrogen) atoms. The van der Waals surface area contributed by atoms with Crippen molar-refractivity contribution in [1.82, 2.24) is 0 Å². The molecule has 1 saturated carbocycles. The molecular formula is C14H20O. The third-order valence-corrected chi connectivity index (χ3v) is 3.64. The standard InChI is InChI=1S/C14H20O/c1-2-12-8-9-14(15,10-12)11-13-6-4-3-5-7-13/h3-7,12,15H,2,8-11H2,1H3. The number of rotatable bonds is 3. The summed E-state index contributed by atoms with van der Waals surface area (Å²) in [6.07, 6.45) is 5.18. The van der Waals surface area contributed by atoms with Gasteiger partial charge in [0.05, 0.1) is 5.60 Å². The van der Waals surface area contributed by atoms with Gasteiger partial charge in [0.25, 0.3) is 0 Å². The Morgan fingerprint density at radius 3 is 2.67 bits per heavy atom. The Labute approximate surface area is 92.1 Å². The van der Waals surface area contributed by atoms with E-state index in [-0.39, 0.29) is 0 Å². The van der Waals surface area contributed by atoms with Crippen molar-refractivity contribution in [2.45, 2.75) is 44.6 Å². The molecule has 1 nitrogen and oxygen atoms in total. The summed E-state index contributed by atoms with van der Waals surface area (Å²) in [6.45, 7) is 2.22. The van der Waals surface area contributed by atoms with Gasteiger partial charge in [-0.15, -0.1) is 0 Å². The topological polar surface area (TPSA) is 20.2 Å². The van der Waals surface area contributed by atoms with Crippen LogP contribution in [0.3, 0.4) is 0 Å². The fraction of sp³-hybridized carbons (Fsp3) is 0.571. The van der Waals surface area contributed by atoms with E-state index in [0.717, 1.165) is 25.2 Å². The van der Waals surface area contributed by atoms with Crippen LogP contribution in [0, 0.1) is 5.92 Å². The molecule has 1 aromatic carbocycles. The summed E-state index contributed by atoms with van der Waals surface area (Å²) in [5.41, 5.74) is 0.832. The molecule has 1 fully saturated rings. The monoisotopic (exact) mass is 204 g/mol. The Kier molecular flexibility index (Phi) is 3.11. The lowest BCUT2D eigenvalue weighted by molar-refractivity contribution is 0.0437. The van der Waals surface area contributed by atoms with E-state index < -0.39 is 5.60 Å². The number of hydrogen-bond donors (Lipinski definition) is 1. The summed E-state index contributed by atoms with van der Waals surface area (Å²) < 4.78 is 0. The van der Waals surface area contributed by atoms with Crippen LogP contribution in [-0.4, -0.2) is 10.7 Å². The first-order valence-corrected chi connectivity index (χ1v) is 5.98. The van der Waals surface area contributed by atoms with Gasteiger partial charge in [0.2, 0.25) is 0 Å². The SMILES string of the molecule is CCC1CCC(O)(Cc2ccccc2)C1. The molecule has 0 aliphatic heterocycles. The van der Waals surface area contributed by atoms with Crippen molar-refractivity contribution < 1.29 is 5.11 Å². The van der Waals surface area contributed by atoms with Crippen LogP contribution in [0.25, 0.3) is 0 Å². The predicted octanol–water partition coefficient (Wildman–Crippen LogP) is 3.17. The molecule has 1 aliphatic rings. The van der Waals surface area contributed by atoms with E-state index in [1.54, 1.807) is 0 Å². The van der Waals surface area contributed by atoms with Gasteiger partial charge in [-0.1, -0.05) is 43.7 Å². The molecule has 1 aliphatic carbocycles. The van der Waals surface area contributed by atoms with Crippen molar-refractivity contribution in [2.24, 2.45) is 5.92 Å². The van der Waals surface area contributed by atoms with Gasteiger partial charge in [0.1, 0.15) is 0 Å². The summed E-state index contributed by atoms with van der Waals surface area (Å²) in [7, 11) is 0. The van der Waals surface area contributed by atoms with E-state index in [0.29, 0.717) is 0 Å². The number of aliphatic hydroxyl groups is 1. The highest BCUT2D eigenvalue weighted by atomic mass is 16.3. The van der Waals surface area contributed by atoms with Crippen LogP contribution in [0.1, 0.15) is 38.2 Å². The van der Waals surface area contributed by atoms with Crippen LogP contribution in [-0.2, 0) is 6.42 Å². The predicted molar refractivity (Wildman–Crippen MR) is 62.7 cm³/mol. The largest absolute Gasteiger partial charge is 0.390 e. The average Bonchev–Trinajstić information content (AvgIpc) is 2.61. The lowest BCUT2D eigenvalue weighted by atomic mass is 9.91. The highest BCUT2D eigenvalue weighted by Crippen LogP contribution is 2.38.